The first-order valence-corrected chi connectivity index (χ1v) is 5.05. The van der Waals surface area contributed by atoms with Crippen molar-refractivity contribution in [2.75, 3.05) is 0 Å². The number of benzene rings is 2. The number of carbonyl (C=O) groups excluding carboxylic acids is 1. The first-order valence-electron chi connectivity index (χ1n) is 4.65. The van der Waals surface area contributed by atoms with E-state index >= 15 is 0 Å². The van der Waals surface area contributed by atoms with Gasteiger partial charge in [0.1, 0.15) is 4.99 Å². The van der Waals surface area contributed by atoms with E-state index in [9.17, 15) is 4.79 Å². The Balaban J connectivity index is 2.49. The fraction of sp³-hybridized carbons (Fsp3) is 0. The SMILES string of the molecule is O=C1NC(=S)c2c1ccc1ccccc21. The molecule has 1 aliphatic heterocycles. The lowest BCUT2D eigenvalue weighted by Gasteiger charge is -2.02. The largest absolute Gasteiger partial charge is 0.312 e. The van der Waals surface area contributed by atoms with Crippen LogP contribution in [0.2, 0.25) is 0 Å². The van der Waals surface area contributed by atoms with Gasteiger partial charge in [0.15, 0.2) is 0 Å². The van der Waals surface area contributed by atoms with Crippen molar-refractivity contribution in [3.05, 3.63) is 47.5 Å². The maximum Gasteiger partial charge on any atom is 0.257 e. The van der Waals surface area contributed by atoms with Gasteiger partial charge in [-0.15, -0.1) is 0 Å². The van der Waals surface area contributed by atoms with E-state index < -0.39 is 0 Å². The molecule has 1 N–H and O–H groups in total. The summed E-state index contributed by atoms with van der Waals surface area (Å²) in [6.45, 7) is 0. The normalized spacial score (nSPS) is 14.1. The van der Waals surface area contributed by atoms with Crippen LogP contribution in [0.5, 0.6) is 0 Å². The zero-order chi connectivity index (χ0) is 10.4. The zero-order valence-corrected chi connectivity index (χ0v) is 8.60. The van der Waals surface area contributed by atoms with Gasteiger partial charge in [-0.05, 0) is 16.8 Å². The quantitative estimate of drug-likeness (QED) is 0.680. The molecule has 0 aromatic heterocycles. The molecule has 0 radical (unpaired) electrons. The minimum absolute atomic E-state index is 0.0965. The van der Waals surface area contributed by atoms with Crippen LogP contribution in [0.1, 0.15) is 15.9 Å². The summed E-state index contributed by atoms with van der Waals surface area (Å²) in [5.74, 6) is -0.0965. The Morgan fingerprint density at radius 3 is 2.73 bits per heavy atom. The van der Waals surface area contributed by atoms with Crippen LogP contribution in [0.3, 0.4) is 0 Å². The molecular formula is C12H7NOS. The van der Waals surface area contributed by atoms with E-state index in [1.54, 1.807) is 0 Å². The van der Waals surface area contributed by atoms with Crippen molar-refractivity contribution in [3.63, 3.8) is 0 Å². The summed E-state index contributed by atoms with van der Waals surface area (Å²) in [5.41, 5.74) is 1.55. The predicted octanol–water partition coefficient (Wildman–Crippen LogP) is 2.26. The average Bonchev–Trinajstić information content (AvgIpc) is 2.55. The van der Waals surface area contributed by atoms with E-state index in [0.717, 1.165) is 16.3 Å². The Morgan fingerprint density at radius 1 is 1.07 bits per heavy atom. The van der Waals surface area contributed by atoms with Crippen molar-refractivity contribution in [3.8, 4) is 0 Å². The highest BCUT2D eigenvalue weighted by Crippen LogP contribution is 2.26. The van der Waals surface area contributed by atoms with Crippen LogP contribution in [-0.2, 0) is 0 Å². The molecule has 0 spiro atoms. The second-order valence-corrected chi connectivity index (χ2v) is 3.90. The molecule has 1 aliphatic rings. The molecule has 72 valence electrons. The van der Waals surface area contributed by atoms with Crippen molar-refractivity contribution < 1.29 is 4.79 Å². The highest BCUT2D eigenvalue weighted by atomic mass is 32.1. The molecule has 0 bridgehead atoms. The van der Waals surface area contributed by atoms with Crippen molar-refractivity contribution in [2.24, 2.45) is 0 Å². The van der Waals surface area contributed by atoms with Crippen LogP contribution in [0, 0.1) is 0 Å². The molecule has 0 aliphatic carbocycles. The Hall–Kier alpha value is -1.74. The molecule has 0 saturated carbocycles. The Bertz CT molecular complexity index is 604. The zero-order valence-electron chi connectivity index (χ0n) is 7.78. The summed E-state index contributed by atoms with van der Waals surface area (Å²) in [6.07, 6.45) is 0. The number of nitrogens with one attached hydrogen (secondary N) is 1. The van der Waals surface area contributed by atoms with Crippen LogP contribution >= 0.6 is 12.2 Å². The monoisotopic (exact) mass is 213 g/mol. The van der Waals surface area contributed by atoms with E-state index in [-0.39, 0.29) is 5.91 Å². The van der Waals surface area contributed by atoms with Gasteiger partial charge in [-0.3, -0.25) is 4.79 Å². The van der Waals surface area contributed by atoms with E-state index in [4.69, 9.17) is 12.2 Å². The van der Waals surface area contributed by atoms with Crippen LogP contribution in [0.4, 0.5) is 0 Å². The fourth-order valence-electron chi connectivity index (χ4n) is 1.94. The van der Waals surface area contributed by atoms with Gasteiger partial charge in [0.25, 0.3) is 5.91 Å². The second-order valence-electron chi connectivity index (χ2n) is 3.49. The molecular weight excluding hydrogens is 206 g/mol. The lowest BCUT2D eigenvalue weighted by Crippen LogP contribution is -2.19. The summed E-state index contributed by atoms with van der Waals surface area (Å²) in [4.78, 5) is 12.1. The molecule has 1 heterocycles. The Labute approximate surface area is 91.9 Å². The van der Waals surface area contributed by atoms with Crippen molar-refractivity contribution >= 4 is 33.9 Å². The molecule has 2 aromatic carbocycles. The molecule has 2 nitrogen and oxygen atoms in total. The number of amides is 1. The number of thiocarbonyl (C=S) groups is 1. The number of rotatable bonds is 0. The van der Waals surface area contributed by atoms with Gasteiger partial charge in [-0.1, -0.05) is 42.5 Å². The molecule has 3 heteroatoms. The molecule has 2 aromatic rings. The minimum atomic E-state index is -0.0965. The van der Waals surface area contributed by atoms with Gasteiger partial charge in [-0.2, -0.15) is 0 Å². The fourth-order valence-corrected chi connectivity index (χ4v) is 2.25. The minimum Gasteiger partial charge on any atom is -0.312 e. The predicted molar refractivity (Wildman–Crippen MR) is 63.1 cm³/mol. The van der Waals surface area contributed by atoms with E-state index in [0.29, 0.717) is 10.6 Å². The molecule has 0 fully saturated rings. The number of hydrogen-bond acceptors (Lipinski definition) is 2. The van der Waals surface area contributed by atoms with Crippen molar-refractivity contribution in [1.29, 1.82) is 0 Å². The van der Waals surface area contributed by atoms with Gasteiger partial charge in [0.2, 0.25) is 0 Å². The highest BCUT2D eigenvalue weighted by Gasteiger charge is 2.25. The standard InChI is InChI=1S/C12H7NOS/c14-11-9-6-5-7-3-1-2-4-8(7)10(9)12(15)13-11/h1-6H,(H,13,14,15). The number of fused-ring (bicyclic) bond motifs is 3. The topological polar surface area (TPSA) is 29.1 Å². The summed E-state index contributed by atoms with van der Waals surface area (Å²) in [7, 11) is 0. The lowest BCUT2D eigenvalue weighted by atomic mass is 10.0. The number of hydrogen-bond donors (Lipinski definition) is 1. The van der Waals surface area contributed by atoms with E-state index in [2.05, 4.69) is 5.32 Å². The molecule has 1 amide bonds. The summed E-state index contributed by atoms with van der Waals surface area (Å²) in [6, 6.07) is 11.7. The third kappa shape index (κ3) is 1.10. The van der Waals surface area contributed by atoms with Gasteiger partial charge in [-0.25, -0.2) is 0 Å². The lowest BCUT2D eigenvalue weighted by molar-refractivity contribution is 0.0984. The maximum absolute atomic E-state index is 11.5. The Kier molecular flexibility index (Phi) is 1.64. The maximum atomic E-state index is 11.5. The van der Waals surface area contributed by atoms with Gasteiger partial charge < -0.3 is 5.32 Å². The van der Waals surface area contributed by atoms with E-state index in [1.165, 1.54) is 0 Å². The van der Waals surface area contributed by atoms with Gasteiger partial charge in [0, 0.05) is 5.56 Å². The second kappa shape index (κ2) is 2.87. The van der Waals surface area contributed by atoms with Gasteiger partial charge >= 0.3 is 0 Å². The molecule has 0 saturated heterocycles. The Morgan fingerprint density at radius 2 is 1.87 bits per heavy atom. The summed E-state index contributed by atoms with van der Waals surface area (Å²) >= 11 is 5.15. The summed E-state index contributed by atoms with van der Waals surface area (Å²) in [5, 5.41) is 4.81. The van der Waals surface area contributed by atoms with Crippen LogP contribution in [0.15, 0.2) is 36.4 Å². The van der Waals surface area contributed by atoms with Gasteiger partial charge in [0.05, 0.1) is 5.56 Å². The highest BCUT2D eigenvalue weighted by molar-refractivity contribution is 7.80. The van der Waals surface area contributed by atoms with Crippen molar-refractivity contribution in [2.45, 2.75) is 0 Å². The average molecular weight is 213 g/mol. The van der Waals surface area contributed by atoms with E-state index in [1.807, 2.05) is 36.4 Å². The van der Waals surface area contributed by atoms with Crippen LogP contribution in [-0.4, -0.2) is 10.9 Å². The first-order chi connectivity index (χ1) is 7.27. The van der Waals surface area contributed by atoms with Crippen molar-refractivity contribution in [1.82, 2.24) is 5.32 Å². The summed E-state index contributed by atoms with van der Waals surface area (Å²) < 4.78 is 0. The third-order valence-electron chi connectivity index (χ3n) is 2.63. The number of carbonyl (C=O) groups is 1. The van der Waals surface area contributed by atoms with Crippen LogP contribution < -0.4 is 5.32 Å². The molecule has 0 unspecified atom stereocenters. The molecule has 3 rings (SSSR count). The third-order valence-corrected chi connectivity index (χ3v) is 2.93. The molecule has 0 atom stereocenters. The molecule has 15 heavy (non-hydrogen) atoms. The first kappa shape index (κ1) is 8.56. The van der Waals surface area contributed by atoms with Crippen LogP contribution in [0.25, 0.3) is 10.8 Å². The smallest absolute Gasteiger partial charge is 0.257 e.